The fourth-order valence-electron chi connectivity index (χ4n) is 8.28. The number of nitrogens with zero attached hydrogens (tertiary/aromatic N) is 10. The number of rotatable bonds is 12. The van der Waals surface area contributed by atoms with Gasteiger partial charge < -0.3 is 15.5 Å². The molecular formula is C40H49N13O4S. The zero-order valence-electron chi connectivity index (χ0n) is 32.8. The van der Waals surface area contributed by atoms with Gasteiger partial charge in [0.25, 0.3) is 10.0 Å². The Kier molecular flexibility index (Phi) is 10.3. The molecule has 0 radical (unpaired) electrons. The van der Waals surface area contributed by atoms with E-state index in [2.05, 4.69) is 70.3 Å². The number of piperidine rings is 2. The van der Waals surface area contributed by atoms with Crippen molar-refractivity contribution in [3.05, 3.63) is 66.7 Å². The molecule has 3 N–H and O–H groups in total. The number of carbonyl (C=O) groups is 2. The fourth-order valence-corrected chi connectivity index (χ4v) is 9.75. The van der Waals surface area contributed by atoms with Crippen molar-refractivity contribution in [2.24, 2.45) is 0 Å². The highest BCUT2D eigenvalue weighted by Gasteiger charge is 2.38. The van der Waals surface area contributed by atoms with Crippen LogP contribution in [-0.2, 0) is 26.2 Å². The van der Waals surface area contributed by atoms with E-state index in [0.717, 1.165) is 90.7 Å². The maximum atomic E-state index is 12.6. The Bertz CT molecular complexity index is 2430. The summed E-state index contributed by atoms with van der Waals surface area (Å²) >= 11 is 0. The van der Waals surface area contributed by atoms with Gasteiger partial charge in [0.1, 0.15) is 17.7 Å². The molecule has 58 heavy (non-hydrogen) atoms. The molecular weight excluding hydrogens is 759 g/mol. The molecule has 3 aliphatic heterocycles. The number of aromatic nitrogens is 7. The van der Waals surface area contributed by atoms with Crippen LogP contribution in [0.2, 0.25) is 0 Å². The molecule has 1 aromatic carbocycles. The Labute approximate surface area is 337 Å². The summed E-state index contributed by atoms with van der Waals surface area (Å²) in [7, 11) is -3.48. The lowest BCUT2D eigenvalue weighted by Crippen LogP contribution is -2.53. The van der Waals surface area contributed by atoms with Crippen LogP contribution in [0.5, 0.6) is 0 Å². The smallest absolute Gasteiger partial charge is 0.256 e. The highest BCUT2D eigenvalue weighted by molar-refractivity contribution is 7.90. The van der Waals surface area contributed by atoms with E-state index in [0.29, 0.717) is 54.7 Å². The maximum absolute atomic E-state index is 12.6. The van der Waals surface area contributed by atoms with Crippen LogP contribution in [0.3, 0.4) is 0 Å². The maximum Gasteiger partial charge on any atom is 0.256 e. The average Bonchev–Trinajstić information content (AvgIpc) is 3.85. The number of pyridine rings is 1. The average molecular weight is 808 g/mol. The van der Waals surface area contributed by atoms with Gasteiger partial charge in [0, 0.05) is 88.5 Å². The predicted molar refractivity (Wildman–Crippen MR) is 220 cm³/mol. The molecule has 0 bridgehead atoms. The van der Waals surface area contributed by atoms with Crippen molar-refractivity contribution in [3.8, 4) is 11.4 Å². The van der Waals surface area contributed by atoms with Crippen molar-refractivity contribution in [3.63, 3.8) is 0 Å². The number of anilines is 4. The van der Waals surface area contributed by atoms with Crippen LogP contribution in [-0.4, -0.2) is 121 Å². The number of nitrogens with one attached hydrogen (secondary N) is 3. The number of para-hydroxylation sites is 1. The molecule has 1 atom stereocenters. The normalized spacial score (nSPS) is 20.2. The van der Waals surface area contributed by atoms with Crippen LogP contribution in [0.4, 0.5) is 23.1 Å². The van der Waals surface area contributed by atoms with Crippen LogP contribution >= 0.6 is 0 Å². The molecule has 1 unspecified atom stereocenters. The zero-order valence-corrected chi connectivity index (χ0v) is 33.6. The molecule has 9 rings (SSSR count). The van der Waals surface area contributed by atoms with Crippen LogP contribution in [0.25, 0.3) is 22.3 Å². The predicted octanol–water partition coefficient (Wildman–Crippen LogP) is 3.75. The lowest BCUT2D eigenvalue weighted by Gasteiger charge is -2.43. The number of fused-ring (bicyclic) bond motifs is 1. The van der Waals surface area contributed by atoms with Crippen molar-refractivity contribution in [1.29, 1.82) is 0 Å². The fraction of sp³-hybridized carbons (Fsp3) is 0.475. The van der Waals surface area contributed by atoms with Gasteiger partial charge >= 0.3 is 0 Å². The minimum Gasteiger partial charge on any atom is -0.373 e. The van der Waals surface area contributed by atoms with E-state index in [4.69, 9.17) is 10.1 Å². The minimum atomic E-state index is -3.48. The van der Waals surface area contributed by atoms with E-state index in [-0.39, 0.29) is 23.1 Å². The van der Waals surface area contributed by atoms with E-state index in [1.54, 1.807) is 12.3 Å². The first-order valence-corrected chi connectivity index (χ1v) is 21.8. The summed E-state index contributed by atoms with van der Waals surface area (Å²) in [5.41, 5.74) is 3.61. The van der Waals surface area contributed by atoms with Gasteiger partial charge in [-0.05, 0) is 63.6 Å². The summed E-state index contributed by atoms with van der Waals surface area (Å²) in [5, 5.41) is 19.0. The van der Waals surface area contributed by atoms with Crippen LogP contribution in [0.1, 0.15) is 64.0 Å². The van der Waals surface area contributed by atoms with Gasteiger partial charge in [-0.1, -0.05) is 18.2 Å². The number of imide groups is 1. The molecule has 7 heterocycles. The number of amides is 2. The first-order chi connectivity index (χ1) is 28.1. The largest absolute Gasteiger partial charge is 0.373 e. The summed E-state index contributed by atoms with van der Waals surface area (Å²) in [6, 6.07) is 12.2. The van der Waals surface area contributed by atoms with Crippen molar-refractivity contribution in [2.45, 2.75) is 82.3 Å². The first-order valence-electron chi connectivity index (χ1n) is 20.3. The highest BCUT2D eigenvalue weighted by atomic mass is 32.2. The van der Waals surface area contributed by atoms with E-state index in [1.807, 2.05) is 30.5 Å². The number of carbonyl (C=O) groups excluding carboxylic acids is 2. The zero-order chi connectivity index (χ0) is 40.0. The quantitative estimate of drug-likeness (QED) is 0.155. The third-order valence-corrected chi connectivity index (χ3v) is 13.7. The van der Waals surface area contributed by atoms with E-state index in [1.165, 1.54) is 12.4 Å². The molecule has 4 aromatic heterocycles. The van der Waals surface area contributed by atoms with Gasteiger partial charge in [-0.15, -0.1) is 0 Å². The first kappa shape index (κ1) is 38.1. The second-order valence-electron chi connectivity index (χ2n) is 16.0. The molecule has 4 aliphatic rings. The molecule has 1 saturated carbocycles. The number of hydrogen-bond donors (Lipinski definition) is 3. The van der Waals surface area contributed by atoms with Crippen molar-refractivity contribution >= 4 is 55.9 Å². The molecule has 5 aromatic rings. The Morgan fingerprint density at radius 2 is 1.71 bits per heavy atom. The third-order valence-electron chi connectivity index (χ3n) is 11.7. The molecule has 3 saturated heterocycles. The van der Waals surface area contributed by atoms with Crippen molar-refractivity contribution in [1.82, 2.24) is 49.0 Å². The third kappa shape index (κ3) is 7.87. The number of benzene rings is 1. The van der Waals surface area contributed by atoms with E-state index >= 15 is 0 Å². The monoisotopic (exact) mass is 807 g/mol. The van der Waals surface area contributed by atoms with Gasteiger partial charge in [-0.2, -0.15) is 14.3 Å². The van der Waals surface area contributed by atoms with E-state index in [9.17, 15) is 18.0 Å². The summed E-state index contributed by atoms with van der Waals surface area (Å²) in [6.45, 7) is 10.9. The van der Waals surface area contributed by atoms with Crippen molar-refractivity contribution in [2.75, 3.05) is 54.8 Å². The SMILES string of the molecule is CC(C)n1nc(N2CCC(N3CCN(Cc4ccccc4NC4CCC(=O)NC4=O)CC3)CC2)c2cnc(Nc3ccnc(-c4cnn(S(=O)(=O)C5CC5)c4)n3)cc21. The Balaban J connectivity index is 0.813. The second-order valence-corrected chi connectivity index (χ2v) is 18.1. The molecule has 18 heteroatoms. The van der Waals surface area contributed by atoms with Crippen molar-refractivity contribution < 1.29 is 18.0 Å². The molecule has 1 aliphatic carbocycles. The summed E-state index contributed by atoms with van der Waals surface area (Å²) < 4.78 is 28.4. The second kappa shape index (κ2) is 15.7. The van der Waals surface area contributed by atoms with Gasteiger partial charge in [-0.3, -0.25) is 29.4 Å². The van der Waals surface area contributed by atoms with Gasteiger partial charge in [0.05, 0.1) is 34.1 Å². The minimum absolute atomic E-state index is 0.134. The number of piperazine rings is 1. The lowest BCUT2D eigenvalue weighted by molar-refractivity contribution is -0.133. The standard InChI is InChI=1S/C40H49N13O4S/c1-26(2)53-34-21-36(45-35-11-14-41-38(46-35)28-22-43-52(25-28)58(56,57)30-7-8-30)42-23-31(34)39(48-53)51-15-12-29(13-16-51)50-19-17-49(18-20-50)24-27-5-3-4-6-32(27)44-33-9-10-37(54)47-40(33)55/h3-6,11,14,21-23,25-26,29-30,33,44H,7-10,12-13,15-20,24H2,1-2H3,(H,47,54,55)(H,41,42,45,46). The Morgan fingerprint density at radius 3 is 2.47 bits per heavy atom. The Hall–Kier alpha value is -5.46. The molecule has 2 amide bonds. The summed E-state index contributed by atoms with van der Waals surface area (Å²) in [4.78, 5) is 45.3. The molecule has 17 nitrogen and oxygen atoms in total. The topological polar surface area (TPSA) is 188 Å². The van der Waals surface area contributed by atoms with Crippen LogP contribution in [0, 0.1) is 0 Å². The molecule has 0 spiro atoms. The Morgan fingerprint density at radius 1 is 0.914 bits per heavy atom. The van der Waals surface area contributed by atoms with Gasteiger partial charge in [-0.25, -0.2) is 23.4 Å². The number of hydrogen-bond acceptors (Lipinski definition) is 14. The molecule has 304 valence electrons. The van der Waals surface area contributed by atoms with E-state index < -0.39 is 16.1 Å². The van der Waals surface area contributed by atoms with Crippen LogP contribution in [0.15, 0.2) is 61.2 Å². The van der Waals surface area contributed by atoms with Crippen LogP contribution < -0.4 is 20.9 Å². The highest BCUT2D eigenvalue weighted by Crippen LogP contribution is 2.33. The molecule has 4 fully saturated rings. The summed E-state index contributed by atoms with van der Waals surface area (Å²) in [5.74, 6) is 2.00. The van der Waals surface area contributed by atoms with Gasteiger partial charge in [0.2, 0.25) is 11.8 Å². The lowest BCUT2D eigenvalue weighted by atomic mass is 10.0. The van der Waals surface area contributed by atoms with Gasteiger partial charge in [0.15, 0.2) is 11.6 Å². The summed E-state index contributed by atoms with van der Waals surface area (Å²) in [6.07, 6.45) is 10.8.